The Morgan fingerprint density at radius 2 is 1.33 bits per heavy atom. The summed E-state index contributed by atoms with van der Waals surface area (Å²) < 4.78 is 5.37. The van der Waals surface area contributed by atoms with Crippen LogP contribution >= 0.6 is 0 Å². The number of esters is 1. The van der Waals surface area contributed by atoms with E-state index in [-0.39, 0.29) is 18.9 Å². The van der Waals surface area contributed by atoms with Gasteiger partial charge in [-0.15, -0.1) is 6.58 Å². The number of carboxylic acid groups (broad SMARTS) is 1. The van der Waals surface area contributed by atoms with E-state index in [1.807, 2.05) is 0 Å². The summed E-state index contributed by atoms with van der Waals surface area (Å²) in [5.74, 6) is -1.39. The second kappa shape index (κ2) is 19.4. The molecule has 0 aromatic heterocycles. The van der Waals surface area contributed by atoms with Gasteiger partial charge < -0.3 is 9.84 Å². The maximum Gasteiger partial charge on any atom is 0.306 e. The summed E-state index contributed by atoms with van der Waals surface area (Å²) in [6, 6.07) is 0. The van der Waals surface area contributed by atoms with E-state index in [1.54, 1.807) is 6.08 Å². The number of carbonyl (C=O) groups excluding carboxylic acids is 1. The minimum Gasteiger partial charge on any atom is -0.481 e. The van der Waals surface area contributed by atoms with Crippen LogP contribution in [0.2, 0.25) is 0 Å². The molecule has 0 bridgehead atoms. The van der Waals surface area contributed by atoms with Crippen molar-refractivity contribution in [2.45, 2.75) is 122 Å². The molecule has 1 unspecified atom stereocenters. The molecule has 1 N–H and O–H groups in total. The lowest BCUT2D eigenvalue weighted by Gasteiger charge is -2.16. The van der Waals surface area contributed by atoms with E-state index in [4.69, 9.17) is 9.84 Å². The maximum absolute atomic E-state index is 11.6. The van der Waals surface area contributed by atoms with Crippen LogP contribution in [0.25, 0.3) is 0 Å². The molecule has 1 atom stereocenters. The van der Waals surface area contributed by atoms with E-state index in [0.29, 0.717) is 6.42 Å². The summed E-state index contributed by atoms with van der Waals surface area (Å²) in [5, 5.41) is 8.61. The zero-order valence-electron chi connectivity index (χ0n) is 17.6. The predicted octanol–water partition coefficient (Wildman–Crippen LogP) is 6.82. The topological polar surface area (TPSA) is 63.6 Å². The number of aliphatic carboxylic acids is 1. The van der Waals surface area contributed by atoms with Crippen LogP contribution in [-0.2, 0) is 14.3 Å². The molecule has 4 heteroatoms. The van der Waals surface area contributed by atoms with Crippen LogP contribution in [-0.4, -0.2) is 23.1 Å². The predicted molar refractivity (Wildman–Crippen MR) is 112 cm³/mol. The van der Waals surface area contributed by atoms with Crippen molar-refractivity contribution >= 4 is 11.9 Å². The van der Waals surface area contributed by atoms with E-state index < -0.39 is 11.9 Å². The van der Waals surface area contributed by atoms with E-state index in [1.165, 1.54) is 70.6 Å². The van der Waals surface area contributed by atoms with E-state index in [0.717, 1.165) is 19.3 Å². The summed E-state index contributed by atoms with van der Waals surface area (Å²) in [6.07, 6.45) is 20.0. The third-order valence-electron chi connectivity index (χ3n) is 4.90. The lowest BCUT2D eigenvalue weighted by atomic mass is 10.0. The van der Waals surface area contributed by atoms with Crippen molar-refractivity contribution < 1.29 is 19.4 Å². The highest BCUT2D eigenvalue weighted by molar-refractivity contribution is 5.76. The largest absolute Gasteiger partial charge is 0.481 e. The van der Waals surface area contributed by atoms with Gasteiger partial charge in [-0.1, -0.05) is 90.0 Å². The lowest BCUT2D eigenvalue weighted by molar-refractivity contribution is -0.152. The summed E-state index contributed by atoms with van der Waals surface area (Å²) in [5.41, 5.74) is 0. The summed E-state index contributed by atoms with van der Waals surface area (Å²) in [6.45, 7) is 5.97. The first-order valence-corrected chi connectivity index (χ1v) is 11.1. The van der Waals surface area contributed by atoms with Crippen molar-refractivity contribution in [3.05, 3.63) is 12.7 Å². The third-order valence-corrected chi connectivity index (χ3v) is 4.90. The second-order valence-corrected chi connectivity index (χ2v) is 7.56. The number of carbonyl (C=O) groups is 2. The van der Waals surface area contributed by atoms with Crippen LogP contribution in [0.1, 0.15) is 116 Å². The fourth-order valence-electron chi connectivity index (χ4n) is 3.25. The Bertz CT molecular complexity index is 379. The Morgan fingerprint density at radius 3 is 1.78 bits per heavy atom. The van der Waals surface area contributed by atoms with Crippen molar-refractivity contribution in [1.82, 2.24) is 0 Å². The molecular formula is C23H42O4. The quantitative estimate of drug-likeness (QED) is 0.142. The lowest BCUT2D eigenvalue weighted by Crippen LogP contribution is -2.18. The van der Waals surface area contributed by atoms with Crippen LogP contribution in [0.15, 0.2) is 12.7 Å². The highest BCUT2D eigenvalue weighted by Gasteiger charge is 2.14. The molecule has 27 heavy (non-hydrogen) atoms. The standard InChI is InChI=1S/C23H42O4/c1-3-5-6-7-8-9-10-11-12-13-14-15-16-18-21(17-4-2)27-23(26)20-19-22(24)25/h4,21H,2-3,5-20H2,1H3,(H,24,25). The number of hydrogen-bond acceptors (Lipinski definition) is 3. The van der Waals surface area contributed by atoms with Crippen LogP contribution in [0.5, 0.6) is 0 Å². The molecule has 4 nitrogen and oxygen atoms in total. The van der Waals surface area contributed by atoms with Gasteiger partial charge in [0, 0.05) is 6.42 Å². The molecule has 0 amide bonds. The molecule has 0 radical (unpaired) electrons. The number of carboxylic acids is 1. The minimum atomic E-state index is -0.969. The first-order chi connectivity index (χ1) is 13.1. The van der Waals surface area contributed by atoms with Gasteiger partial charge in [-0.05, 0) is 12.8 Å². The Morgan fingerprint density at radius 1 is 0.852 bits per heavy atom. The molecule has 158 valence electrons. The number of unbranched alkanes of at least 4 members (excludes halogenated alkanes) is 12. The van der Waals surface area contributed by atoms with Gasteiger partial charge in [0.15, 0.2) is 0 Å². The molecule has 0 aliphatic carbocycles. The van der Waals surface area contributed by atoms with Gasteiger partial charge >= 0.3 is 11.9 Å². The fraction of sp³-hybridized carbons (Fsp3) is 0.826. The van der Waals surface area contributed by atoms with Crippen molar-refractivity contribution in [2.75, 3.05) is 0 Å². The Hall–Kier alpha value is -1.32. The van der Waals surface area contributed by atoms with Gasteiger partial charge in [0.2, 0.25) is 0 Å². The molecule has 0 spiro atoms. The fourth-order valence-corrected chi connectivity index (χ4v) is 3.25. The molecule has 0 saturated heterocycles. The van der Waals surface area contributed by atoms with E-state index >= 15 is 0 Å². The highest BCUT2D eigenvalue weighted by atomic mass is 16.5. The monoisotopic (exact) mass is 382 g/mol. The summed E-state index contributed by atoms with van der Waals surface area (Å²) in [4.78, 5) is 22.1. The zero-order chi connectivity index (χ0) is 20.2. The summed E-state index contributed by atoms with van der Waals surface area (Å²) in [7, 11) is 0. The second-order valence-electron chi connectivity index (χ2n) is 7.56. The first-order valence-electron chi connectivity index (χ1n) is 11.1. The molecule has 0 rings (SSSR count). The molecule has 0 aliphatic rings. The van der Waals surface area contributed by atoms with Gasteiger partial charge in [-0.25, -0.2) is 0 Å². The van der Waals surface area contributed by atoms with Crippen molar-refractivity contribution in [3.63, 3.8) is 0 Å². The van der Waals surface area contributed by atoms with Gasteiger partial charge in [-0.2, -0.15) is 0 Å². The number of hydrogen-bond donors (Lipinski definition) is 1. The normalized spacial score (nSPS) is 11.9. The van der Waals surface area contributed by atoms with Crippen LogP contribution in [0, 0.1) is 0 Å². The third kappa shape index (κ3) is 19.3. The molecule has 0 fully saturated rings. The average molecular weight is 383 g/mol. The summed E-state index contributed by atoms with van der Waals surface area (Å²) >= 11 is 0. The zero-order valence-corrected chi connectivity index (χ0v) is 17.6. The molecule has 0 heterocycles. The first kappa shape index (κ1) is 25.7. The van der Waals surface area contributed by atoms with Crippen molar-refractivity contribution in [3.8, 4) is 0 Å². The smallest absolute Gasteiger partial charge is 0.306 e. The number of rotatable bonds is 20. The average Bonchev–Trinajstić information content (AvgIpc) is 2.64. The molecule has 0 aliphatic heterocycles. The van der Waals surface area contributed by atoms with Crippen molar-refractivity contribution in [2.24, 2.45) is 0 Å². The van der Waals surface area contributed by atoms with Crippen LogP contribution < -0.4 is 0 Å². The molecule has 0 saturated carbocycles. The SMILES string of the molecule is C=CCC(CCCCCCCCCCCCCCC)OC(=O)CCC(=O)O. The number of ether oxygens (including phenoxy) is 1. The van der Waals surface area contributed by atoms with Crippen LogP contribution in [0.3, 0.4) is 0 Å². The van der Waals surface area contributed by atoms with E-state index in [9.17, 15) is 9.59 Å². The molecule has 0 aromatic carbocycles. The van der Waals surface area contributed by atoms with Gasteiger partial charge in [0.25, 0.3) is 0 Å². The Labute approximate surface area is 166 Å². The van der Waals surface area contributed by atoms with Gasteiger partial charge in [-0.3, -0.25) is 9.59 Å². The molecular weight excluding hydrogens is 340 g/mol. The van der Waals surface area contributed by atoms with E-state index in [2.05, 4.69) is 13.5 Å². The Balaban J connectivity index is 3.54. The van der Waals surface area contributed by atoms with Gasteiger partial charge in [0.1, 0.15) is 6.10 Å². The Kier molecular flexibility index (Phi) is 18.5. The minimum absolute atomic E-state index is 0.0540. The van der Waals surface area contributed by atoms with Crippen molar-refractivity contribution in [1.29, 1.82) is 0 Å². The van der Waals surface area contributed by atoms with Gasteiger partial charge in [0.05, 0.1) is 12.8 Å². The maximum atomic E-state index is 11.6. The molecule has 0 aromatic rings. The van der Waals surface area contributed by atoms with Crippen LogP contribution in [0.4, 0.5) is 0 Å². The highest BCUT2D eigenvalue weighted by Crippen LogP contribution is 2.15.